The van der Waals surface area contributed by atoms with Crippen molar-refractivity contribution in [3.8, 4) is 0 Å². The minimum atomic E-state index is -0.204. The predicted octanol–water partition coefficient (Wildman–Crippen LogP) is 2.21. The Morgan fingerprint density at radius 1 is 1.24 bits per heavy atom. The number of piperidine rings is 1. The second-order valence-electron chi connectivity index (χ2n) is 6.48. The maximum atomic E-state index is 11.7. The topological polar surface area (TPSA) is 75.2 Å². The number of carbonyl (C=O) groups is 1. The fraction of sp³-hybridized carbons (Fsp3) is 0.882. The van der Waals surface area contributed by atoms with E-state index in [4.69, 9.17) is 9.47 Å². The Morgan fingerprint density at radius 2 is 1.96 bits per heavy atom. The van der Waals surface area contributed by atoms with Crippen LogP contribution in [0.15, 0.2) is 4.99 Å². The first-order valence-corrected chi connectivity index (χ1v) is 9.19. The maximum absolute atomic E-state index is 11.7. The van der Waals surface area contributed by atoms with Gasteiger partial charge in [-0.3, -0.25) is 4.99 Å². The summed E-state index contributed by atoms with van der Waals surface area (Å²) in [7, 11) is 1.78. The van der Waals surface area contributed by atoms with Crippen LogP contribution in [0.25, 0.3) is 0 Å². The summed E-state index contributed by atoms with van der Waals surface area (Å²) in [6.07, 6.45) is 5.26. The summed E-state index contributed by atoms with van der Waals surface area (Å²) in [5.41, 5.74) is 0. The summed E-state index contributed by atoms with van der Waals surface area (Å²) in [6.45, 7) is 6.29. The lowest BCUT2D eigenvalue weighted by molar-refractivity contribution is 0.0963. The van der Waals surface area contributed by atoms with Gasteiger partial charge in [-0.15, -0.1) is 24.0 Å². The number of hydrogen-bond donors (Lipinski definition) is 2. The quantitative estimate of drug-likeness (QED) is 0.247. The molecule has 1 aliphatic carbocycles. The Bertz CT molecular complexity index is 411. The van der Waals surface area contributed by atoms with E-state index in [0.29, 0.717) is 12.6 Å². The number of rotatable bonds is 8. The fourth-order valence-corrected chi connectivity index (χ4v) is 2.72. The number of likely N-dealkylation sites (tertiary alicyclic amines) is 1. The summed E-state index contributed by atoms with van der Waals surface area (Å²) in [5.74, 6) is 1.65. The van der Waals surface area contributed by atoms with Crippen molar-refractivity contribution in [3.63, 3.8) is 0 Å². The Kier molecular flexibility index (Phi) is 11.2. The van der Waals surface area contributed by atoms with Crippen molar-refractivity contribution in [2.45, 2.75) is 45.1 Å². The van der Waals surface area contributed by atoms with Crippen LogP contribution >= 0.6 is 24.0 Å². The second-order valence-corrected chi connectivity index (χ2v) is 6.48. The van der Waals surface area contributed by atoms with Crippen molar-refractivity contribution in [2.24, 2.45) is 10.9 Å². The van der Waals surface area contributed by atoms with Gasteiger partial charge in [-0.05, 0) is 44.9 Å². The normalized spacial score (nSPS) is 18.5. The molecule has 25 heavy (non-hydrogen) atoms. The molecule has 1 amide bonds. The summed E-state index contributed by atoms with van der Waals surface area (Å²) in [6, 6.07) is 0.341. The van der Waals surface area contributed by atoms with Gasteiger partial charge in [0.1, 0.15) is 0 Å². The monoisotopic (exact) mass is 468 g/mol. The number of carbonyl (C=O) groups excluding carboxylic acids is 1. The van der Waals surface area contributed by atoms with Crippen molar-refractivity contribution in [1.29, 1.82) is 0 Å². The van der Waals surface area contributed by atoms with Gasteiger partial charge in [0.15, 0.2) is 5.96 Å². The van der Waals surface area contributed by atoms with E-state index in [9.17, 15) is 4.79 Å². The van der Waals surface area contributed by atoms with Gasteiger partial charge in [0.2, 0.25) is 0 Å². The lowest BCUT2D eigenvalue weighted by atomic mass is 10.1. The standard InChI is InChI=1S/C17H32N4O3.HI/c1-3-24-17(22)21-10-7-15(8-11-21)20-16(18-2)19-9-4-12-23-13-14-5-6-14;/h14-15H,3-13H2,1-2H3,(H2,18,19,20);1H. The smallest absolute Gasteiger partial charge is 0.409 e. The Morgan fingerprint density at radius 3 is 2.56 bits per heavy atom. The Hall–Kier alpha value is -0.770. The van der Waals surface area contributed by atoms with Crippen LogP contribution in [0.4, 0.5) is 4.79 Å². The molecule has 2 fully saturated rings. The van der Waals surface area contributed by atoms with Crippen LogP contribution < -0.4 is 10.6 Å². The molecular weight excluding hydrogens is 435 g/mol. The van der Waals surface area contributed by atoms with Crippen molar-refractivity contribution in [3.05, 3.63) is 0 Å². The van der Waals surface area contributed by atoms with Crippen molar-refractivity contribution >= 4 is 36.0 Å². The van der Waals surface area contributed by atoms with Crippen molar-refractivity contribution in [2.75, 3.05) is 46.5 Å². The van der Waals surface area contributed by atoms with Crippen LogP contribution in [0.1, 0.15) is 39.0 Å². The molecule has 0 bridgehead atoms. The number of nitrogens with zero attached hydrogens (tertiary/aromatic N) is 2. The molecular formula is C17H33IN4O3. The van der Waals surface area contributed by atoms with Gasteiger partial charge in [0, 0.05) is 45.9 Å². The van der Waals surface area contributed by atoms with E-state index in [2.05, 4.69) is 15.6 Å². The minimum absolute atomic E-state index is 0. The summed E-state index contributed by atoms with van der Waals surface area (Å²) in [4.78, 5) is 17.7. The number of aliphatic imine (C=N–C) groups is 1. The summed E-state index contributed by atoms with van der Waals surface area (Å²) in [5, 5.41) is 6.76. The highest BCUT2D eigenvalue weighted by molar-refractivity contribution is 14.0. The van der Waals surface area contributed by atoms with Crippen LogP contribution in [0, 0.1) is 5.92 Å². The zero-order chi connectivity index (χ0) is 17.2. The molecule has 1 saturated heterocycles. The first-order chi connectivity index (χ1) is 11.7. The molecule has 2 rings (SSSR count). The highest BCUT2D eigenvalue weighted by atomic mass is 127. The van der Waals surface area contributed by atoms with Gasteiger partial charge in [-0.1, -0.05) is 0 Å². The molecule has 7 nitrogen and oxygen atoms in total. The molecule has 0 radical (unpaired) electrons. The number of guanidine groups is 1. The molecule has 0 aromatic carbocycles. The molecule has 2 aliphatic rings. The van der Waals surface area contributed by atoms with E-state index in [0.717, 1.165) is 64.0 Å². The lowest BCUT2D eigenvalue weighted by Gasteiger charge is -2.32. The molecule has 0 atom stereocenters. The second kappa shape index (κ2) is 12.6. The number of hydrogen-bond acceptors (Lipinski definition) is 4. The first-order valence-electron chi connectivity index (χ1n) is 9.19. The zero-order valence-corrected chi connectivity index (χ0v) is 17.8. The average Bonchev–Trinajstić information content (AvgIpc) is 3.42. The van der Waals surface area contributed by atoms with Crippen LogP contribution in [0.5, 0.6) is 0 Å². The molecule has 0 aromatic rings. The number of amides is 1. The fourth-order valence-electron chi connectivity index (χ4n) is 2.72. The van der Waals surface area contributed by atoms with Crippen molar-refractivity contribution < 1.29 is 14.3 Å². The largest absolute Gasteiger partial charge is 0.450 e. The maximum Gasteiger partial charge on any atom is 0.409 e. The number of nitrogens with one attached hydrogen (secondary N) is 2. The van der Waals surface area contributed by atoms with Gasteiger partial charge >= 0.3 is 6.09 Å². The molecule has 1 aliphatic heterocycles. The van der Waals surface area contributed by atoms with Gasteiger partial charge < -0.3 is 25.0 Å². The van der Waals surface area contributed by atoms with E-state index in [1.807, 2.05) is 6.92 Å². The van der Waals surface area contributed by atoms with Gasteiger partial charge in [-0.2, -0.15) is 0 Å². The third-order valence-electron chi connectivity index (χ3n) is 4.39. The summed E-state index contributed by atoms with van der Waals surface area (Å²) < 4.78 is 10.7. The molecule has 0 spiro atoms. The lowest BCUT2D eigenvalue weighted by Crippen LogP contribution is -2.50. The minimum Gasteiger partial charge on any atom is -0.450 e. The highest BCUT2D eigenvalue weighted by Gasteiger charge is 2.24. The SMILES string of the molecule is CCOC(=O)N1CCC(NC(=NC)NCCCOCC2CC2)CC1.I. The number of halogens is 1. The first kappa shape index (κ1) is 22.3. The Labute approximate surface area is 168 Å². The van der Waals surface area contributed by atoms with Crippen LogP contribution in [-0.2, 0) is 9.47 Å². The third kappa shape index (κ3) is 8.94. The molecule has 1 heterocycles. The highest BCUT2D eigenvalue weighted by Crippen LogP contribution is 2.28. The third-order valence-corrected chi connectivity index (χ3v) is 4.39. The van der Waals surface area contributed by atoms with Gasteiger partial charge in [0.05, 0.1) is 6.61 Å². The molecule has 146 valence electrons. The van der Waals surface area contributed by atoms with E-state index >= 15 is 0 Å². The van der Waals surface area contributed by atoms with E-state index in [1.54, 1.807) is 11.9 Å². The molecule has 8 heteroatoms. The van der Waals surface area contributed by atoms with Crippen LogP contribution in [-0.4, -0.2) is 69.5 Å². The van der Waals surface area contributed by atoms with Gasteiger partial charge in [-0.25, -0.2) is 4.79 Å². The number of ether oxygens (including phenoxy) is 2. The average molecular weight is 468 g/mol. The van der Waals surface area contributed by atoms with E-state index < -0.39 is 0 Å². The van der Waals surface area contributed by atoms with Crippen LogP contribution in [0.2, 0.25) is 0 Å². The van der Waals surface area contributed by atoms with E-state index in [1.165, 1.54) is 12.8 Å². The van der Waals surface area contributed by atoms with Gasteiger partial charge in [0.25, 0.3) is 0 Å². The summed E-state index contributed by atoms with van der Waals surface area (Å²) >= 11 is 0. The molecule has 0 aromatic heterocycles. The van der Waals surface area contributed by atoms with Crippen LogP contribution in [0.3, 0.4) is 0 Å². The molecule has 1 saturated carbocycles. The molecule has 2 N–H and O–H groups in total. The van der Waals surface area contributed by atoms with E-state index in [-0.39, 0.29) is 30.1 Å². The molecule has 0 unspecified atom stereocenters. The predicted molar refractivity (Wildman–Crippen MR) is 110 cm³/mol. The van der Waals surface area contributed by atoms with Crippen molar-refractivity contribution in [1.82, 2.24) is 15.5 Å². The Balaban J connectivity index is 0.00000312. The zero-order valence-electron chi connectivity index (χ0n) is 15.5.